The van der Waals surface area contributed by atoms with Gasteiger partial charge in [0.05, 0.1) is 115 Å². The number of nitrogens with one attached hydrogen (secondary N) is 4. The number of fused-ring (bicyclic) bond motifs is 4. The largest absolute Gasteiger partial charge is 0.493 e. The summed E-state index contributed by atoms with van der Waals surface area (Å²) in [5.74, 6) is -4.04. The van der Waals surface area contributed by atoms with Gasteiger partial charge in [-0.3, -0.25) is 43.3 Å². The van der Waals surface area contributed by atoms with Gasteiger partial charge in [0.1, 0.15) is 12.1 Å². The number of aliphatic hydroxyl groups is 1. The molecular formula is C65H94N14O16. The molecule has 2 aromatic rings. The Kier molecular flexibility index (Phi) is 27.9. The fourth-order valence-electron chi connectivity index (χ4n) is 11.5. The van der Waals surface area contributed by atoms with E-state index in [1.54, 1.807) is 44.7 Å². The molecule has 0 spiro atoms. The lowest BCUT2D eigenvalue weighted by atomic mass is 9.89. The molecule has 520 valence electrons. The highest BCUT2D eigenvalue weighted by Gasteiger charge is 2.46. The van der Waals surface area contributed by atoms with Crippen LogP contribution in [0.5, 0.6) is 23.0 Å². The number of unbranched alkanes of at least 4 members (excludes halogenated alkanes) is 2. The Morgan fingerprint density at radius 1 is 0.653 bits per heavy atom. The van der Waals surface area contributed by atoms with Gasteiger partial charge in [0, 0.05) is 67.5 Å². The number of carbonyl (C=O) groups is 8. The van der Waals surface area contributed by atoms with E-state index in [1.807, 2.05) is 27.7 Å². The number of azide groups is 2. The number of rotatable bonds is 37. The highest BCUT2D eigenvalue weighted by atomic mass is 16.5. The van der Waals surface area contributed by atoms with Gasteiger partial charge >= 0.3 is 0 Å². The van der Waals surface area contributed by atoms with Crippen molar-refractivity contribution in [3.63, 3.8) is 0 Å². The predicted octanol–water partition coefficient (Wildman–Crippen LogP) is 5.90. The first kappa shape index (κ1) is 75.4. The Labute approximate surface area is 554 Å². The average Bonchev–Trinajstić information content (AvgIpc) is 1.65. The molecule has 0 unspecified atom stereocenters. The second kappa shape index (κ2) is 35.2. The number of hydrogen-bond donors (Lipinski definition) is 5. The number of aliphatic hydroxyl groups excluding tert-OH is 1. The van der Waals surface area contributed by atoms with Crippen molar-refractivity contribution in [3.8, 4) is 23.0 Å². The molecular weight excluding hydrogens is 1230 g/mol. The van der Waals surface area contributed by atoms with Gasteiger partial charge in [0.25, 0.3) is 11.8 Å². The zero-order valence-corrected chi connectivity index (χ0v) is 56.4. The summed E-state index contributed by atoms with van der Waals surface area (Å²) < 4.78 is 40.7. The lowest BCUT2D eigenvalue weighted by molar-refractivity contribution is -0.132. The van der Waals surface area contributed by atoms with Crippen molar-refractivity contribution < 1.29 is 76.6 Å². The number of anilines is 2. The van der Waals surface area contributed by atoms with E-state index >= 15 is 0 Å². The van der Waals surface area contributed by atoms with Gasteiger partial charge in [0.15, 0.2) is 29.2 Å². The standard InChI is InChI=1S/C65H94N14O16/c1-39(2)57(72-53(80)16-20-91-22-23-92-21-17-70-74-66)59(84)69-32-56(83)79-47-29-52(50(90-12)27-45(47)62(87)78-34-42(6)25-48(78)63(79)88)95-19-15-13-14-18-94-51-28-46-44(26-49(51)89-11)61(86)76-33-41(5)24-43(76)35-77(46)55(82)31-68-60(85)58(40(3)4)73-54(81)30-64(7,8)37-93-38-65(9,10)36-71-75-67/h26-29,39-40,43,48,57-58,63,88H,5-6,13-25,30-38H2,1-4,7-12H3,(H,68,85)(H,69,84)(H,72,80)(H,73,81)/t43-,48-,57-,58-,63-/m0/s1. The SMILES string of the molecule is C=C1C[C@H]2CN(C(=O)CNC(=O)[C@@H](NC(=O)CC(C)(C)COCC(C)(C)CN=[N+]=[N-])C(C)C)c3cc(OCCCCCOc4cc5c(cc4OC)C(=O)N4CC(=C)C[C@H]4[C@H](O)N5C(=O)CNC(=O)[C@@H](NC(=O)CCOCCOCCN=[N+]=[N-])C(C)C)c(OC)cc3C(=O)N2C1. The molecule has 30 heteroatoms. The van der Waals surface area contributed by atoms with Crippen molar-refractivity contribution in [2.24, 2.45) is 32.9 Å². The number of carbonyl (C=O) groups excluding carboxylic acids is 8. The van der Waals surface area contributed by atoms with Crippen molar-refractivity contribution in [1.29, 1.82) is 0 Å². The summed E-state index contributed by atoms with van der Waals surface area (Å²) in [7, 11) is 2.84. The molecule has 2 aromatic carbocycles. The van der Waals surface area contributed by atoms with Crippen LogP contribution < -0.4 is 50.0 Å². The second-order valence-corrected chi connectivity index (χ2v) is 26.3. The minimum atomic E-state index is -1.57. The quantitative estimate of drug-likeness (QED) is 0.0173. The number of ether oxygens (including phenoxy) is 7. The Morgan fingerprint density at radius 2 is 1.18 bits per heavy atom. The van der Waals surface area contributed by atoms with Crippen LogP contribution in [0, 0.1) is 22.7 Å². The Bertz CT molecular complexity index is 3230. The van der Waals surface area contributed by atoms with Gasteiger partial charge in [-0.1, -0.05) is 89.9 Å². The van der Waals surface area contributed by atoms with Gasteiger partial charge in [-0.05, 0) is 78.0 Å². The highest BCUT2D eigenvalue weighted by molar-refractivity contribution is 6.09. The van der Waals surface area contributed by atoms with E-state index in [0.717, 1.165) is 10.5 Å². The maximum atomic E-state index is 14.4. The molecule has 4 heterocycles. The predicted molar refractivity (Wildman–Crippen MR) is 351 cm³/mol. The molecule has 0 saturated carbocycles. The summed E-state index contributed by atoms with van der Waals surface area (Å²) in [6, 6.07) is 2.74. The molecule has 0 aliphatic carbocycles. The number of amides is 8. The van der Waals surface area contributed by atoms with Crippen molar-refractivity contribution >= 4 is 58.6 Å². The third-order valence-electron chi connectivity index (χ3n) is 16.4. The minimum Gasteiger partial charge on any atom is -0.493 e. The summed E-state index contributed by atoms with van der Waals surface area (Å²) in [6.07, 6.45) is 0.618. The van der Waals surface area contributed by atoms with Crippen LogP contribution in [0.1, 0.15) is 121 Å². The smallest absolute Gasteiger partial charge is 0.256 e. The Balaban J connectivity index is 1.08. The molecule has 0 radical (unpaired) electrons. The maximum Gasteiger partial charge on any atom is 0.256 e. The summed E-state index contributed by atoms with van der Waals surface area (Å²) >= 11 is 0. The van der Waals surface area contributed by atoms with E-state index in [1.165, 1.54) is 36.2 Å². The molecule has 0 aromatic heterocycles. The zero-order chi connectivity index (χ0) is 69.7. The third kappa shape index (κ3) is 20.9. The Hall–Kier alpha value is -8.66. The van der Waals surface area contributed by atoms with E-state index in [2.05, 4.69) is 54.5 Å². The molecule has 5 N–H and O–H groups in total. The molecule has 8 amide bonds. The first-order valence-corrected chi connectivity index (χ1v) is 32.0. The fraction of sp³-hybridized carbons (Fsp3) is 0.631. The van der Waals surface area contributed by atoms with Crippen LogP contribution in [0.15, 0.2) is 58.8 Å². The normalized spacial score (nSPS) is 17.5. The minimum absolute atomic E-state index is 0.0228. The molecule has 0 bridgehead atoms. The number of nitrogens with zero attached hydrogens (tertiary/aromatic N) is 10. The lowest BCUT2D eigenvalue weighted by Gasteiger charge is -2.32. The topological polar surface area (TPSA) is 380 Å². The first-order chi connectivity index (χ1) is 45.1. The van der Waals surface area contributed by atoms with Crippen molar-refractivity contribution in [1.82, 2.24) is 31.1 Å². The van der Waals surface area contributed by atoms with Gasteiger partial charge in [-0.25, -0.2) is 0 Å². The third-order valence-corrected chi connectivity index (χ3v) is 16.4. The lowest BCUT2D eigenvalue weighted by Crippen LogP contribution is -2.55. The van der Waals surface area contributed by atoms with Gasteiger partial charge < -0.3 is 74.2 Å². The van der Waals surface area contributed by atoms with Gasteiger partial charge in [-0.15, -0.1) is 0 Å². The summed E-state index contributed by atoms with van der Waals surface area (Å²) in [4.78, 5) is 122. The van der Waals surface area contributed by atoms with Crippen LogP contribution in [-0.2, 0) is 43.0 Å². The maximum absolute atomic E-state index is 14.4. The van der Waals surface area contributed by atoms with E-state index in [0.29, 0.717) is 44.4 Å². The van der Waals surface area contributed by atoms with Crippen LogP contribution >= 0.6 is 0 Å². The van der Waals surface area contributed by atoms with Crippen LogP contribution in [0.4, 0.5) is 11.4 Å². The van der Waals surface area contributed by atoms with Crippen LogP contribution in [0.3, 0.4) is 0 Å². The zero-order valence-electron chi connectivity index (χ0n) is 56.4. The molecule has 2 fully saturated rings. The number of hydrogen-bond acceptors (Lipinski definition) is 18. The van der Waals surface area contributed by atoms with Crippen LogP contribution in [0.25, 0.3) is 20.9 Å². The van der Waals surface area contributed by atoms with Crippen molar-refractivity contribution in [3.05, 3.63) is 80.6 Å². The molecule has 2 saturated heterocycles. The fourth-order valence-corrected chi connectivity index (χ4v) is 11.5. The second-order valence-electron chi connectivity index (χ2n) is 26.3. The molecule has 30 nitrogen and oxygen atoms in total. The van der Waals surface area contributed by atoms with Crippen molar-refractivity contribution in [2.75, 3.05) is 123 Å². The molecule has 95 heavy (non-hydrogen) atoms. The summed E-state index contributed by atoms with van der Waals surface area (Å²) in [5, 5.41) is 29.9. The van der Waals surface area contributed by atoms with Crippen LogP contribution in [-0.4, -0.2) is 205 Å². The number of benzene rings is 2. The molecule has 5 atom stereocenters. The summed E-state index contributed by atoms with van der Waals surface area (Å²) in [6.45, 7) is 24.2. The van der Waals surface area contributed by atoms with E-state index in [-0.39, 0.29) is 155 Å². The molecule has 6 rings (SSSR count). The van der Waals surface area contributed by atoms with E-state index < -0.39 is 95.7 Å². The Morgan fingerprint density at radius 3 is 1.77 bits per heavy atom. The van der Waals surface area contributed by atoms with E-state index in [4.69, 9.17) is 44.2 Å². The number of methoxy groups -OCH3 is 2. The molecule has 4 aliphatic rings. The highest BCUT2D eigenvalue weighted by Crippen LogP contribution is 2.43. The van der Waals surface area contributed by atoms with Gasteiger partial charge in [-0.2, -0.15) is 0 Å². The van der Waals surface area contributed by atoms with Crippen molar-refractivity contribution in [2.45, 2.75) is 131 Å². The van der Waals surface area contributed by atoms with Gasteiger partial charge in [0.2, 0.25) is 35.4 Å². The summed E-state index contributed by atoms with van der Waals surface area (Å²) in [5.41, 5.74) is 18.1. The van der Waals surface area contributed by atoms with Crippen LogP contribution in [0.2, 0.25) is 0 Å². The first-order valence-electron chi connectivity index (χ1n) is 32.0. The molecule has 4 aliphatic heterocycles. The average molecular weight is 1330 g/mol. The van der Waals surface area contributed by atoms with E-state index in [9.17, 15) is 43.5 Å². The monoisotopic (exact) mass is 1330 g/mol.